The number of carbonyl (C=O) groups is 1. The van der Waals surface area contributed by atoms with E-state index in [1.165, 1.54) is 11.1 Å². The summed E-state index contributed by atoms with van der Waals surface area (Å²) in [5.41, 5.74) is 4.68. The zero-order valence-corrected chi connectivity index (χ0v) is 11.3. The van der Waals surface area contributed by atoms with Crippen LogP contribution in [0.1, 0.15) is 19.4 Å². The number of fused-ring (bicyclic) bond motifs is 1. The summed E-state index contributed by atoms with van der Waals surface area (Å²) in [6, 6.07) is 16.8. The molecule has 0 aliphatic carbocycles. The number of amides is 1. The Morgan fingerprint density at radius 1 is 1.11 bits per heavy atom. The molecule has 0 bridgehead atoms. The lowest BCUT2D eigenvalue weighted by Gasteiger charge is -2.23. The minimum absolute atomic E-state index is 0.120. The van der Waals surface area contributed by atoms with Gasteiger partial charge in [0.1, 0.15) is 0 Å². The van der Waals surface area contributed by atoms with Crippen LogP contribution in [0.5, 0.6) is 0 Å². The van der Waals surface area contributed by atoms with Gasteiger partial charge in [-0.2, -0.15) is 0 Å². The minimum atomic E-state index is 0.120. The van der Waals surface area contributed by atoms with E-state index in [-0.39, 0.29) is 11.9 Å². The normalized spacial score (nSPS) is 17.4. The van der Waals surface area contributed by atoms with Gasteiger partial charge in [0, 0.05) is 18.5 Å². The fourth-order valence-corrected chi connectivity index (χ4v) is 2.99. The van der Waals surface area contributed by atoms with Gasteiger partial charge in [-0.15, -0.1) is 0 Å². The lowest BCUT2D eigenvalue weighted by atomic mass is 10.0. The molecule has 0 radical (unpaired) electrons. The largest absolute Gasteiger partial charge is 0.309 e. The van der Waals surface area contributed by atoms with Crippen molar-refractivity contribution in [2.45, 2.75) is 26.3 Å². The van der Waals surface area contributed by atoms with Gasteiger partial charge in [0.25, 0.3) is 0 Å². The van der Waals surface area contributed by atoms with Gasteiger partial charge in [-0.25, -0.2) is 0 Å². The minimum Gasteiger partial charge on any atom is -0.309 e. The van der Waals surface area contributed by atoms with Crippen molar-refractivity contribution in [2.24, 2.45) is 0 Å². The van der Waals surface area contributed by atoms with Crippen LogP contribution in [0, 0.1) is 0 Å². The van der Waals surface area contributed by atoms with Gasteiger partial charge in [0.2, 0.25) is 5.91 Å². The van der Waals surface area contributed by atoms with Crippen molar-refractivity contribution in [1.29, 1.82) is 0 Å². The van der Waals surface area contributed by atoms with E-state index in [0.29, 0.717) is 0 Å². The smallest absolute Gasteiger partial charge is 0.224 e. The molecule has 0 fully saturated rings. The lowest BCUT2D eigenvalue weighted by Crippen LogP contribution is -2.33. The van der Waals surface area contributed by atoms with Crippen LogP contribution in [-0.2, 0) is 11.2 Å². The summed E-state index contributed by atoms with van der Waals surface area (Å²) >= 11 is 0. The second-order valence-corrected chi connectivity index (χ2v) is 5.12. The summed E-state index contributed by atoms with van der Waals surface area (Å²) in [7, 11) is 0. The second-order valence-electron chi connectivity index (χ2n) is 5.12. The molecule has 1 amide bonds. The van der Waals surface area contributed by atoms with Gasteiger partial charge < -0.3 is 4.90 Å². The molecule has 0 saturated carbocycles. The zero-order valence-electron chi connectivity index (χ0n) is 11.3. The van der Waals surface area contributed by atoms with E-state index in [1.54, 1.807) is 6.92 Å². The summed E-state index contributed by atoms with van der Waals surface area (Å²) in [6.45, 7) is 3.75. The second kappa shape index (κ2) is 4.54. The highest BCUT2D eigenvalue weighted by Crippen LogP contribution is 2.40. The number of hydrogen-bond acceptors (Lipinski definition) is 1. The van der Waals surface area contributed by atoms with Gasteiger partial charge in [-0.1, -0.05) is 48.5 Å². The molecule has 2 aromatic carbocycles. The maximum Gasteiger partial charge on any atom is 0.224 e. The number of nitrogens with zero attached hydrogens (tertiary/aromatic N) is 1. The van der Waals surface area contributed by atoms with Crippen molar-refractivity contribution in [3.05, 3.63) is 54.1 Å². The van der Waals surface area contributed by atoms with E-state index in [1.807, 2.05) is 23.1 Å². The molecule has 19 heavy (non-hydrogen) atoms. The summed E-state index contributed by atoms with van der Waals surface area (Å²) in [5, 5.41) is 0. The van der Waals surface area contributed by atoms with E-state index in [9.17, 15) is 4.79 Å². The Kier molecular flexibility index (Phi) is 2.86. The Hall–Kier alpha value is -2.09. The first-order valence-electron chi connectivity index (χ1n) is 6.65. The Morgan fingerprint density at radius 3 is 2.53 bits per heavy atom. The Bertz CT molecular complexity index is 618. The average molecular weight is 251 g/mol. The van der Waals surface area contributed by atoms with Crippen LogP contribution in [0.15, 0.2) is 48.5 Å². The van der Waals surface area contributed by atoms with Crippen molar-refractivity contribution in [2.75, 3.05) is 4.90 Å². The van der Waals surface area contributed by atoms with Crippen LogP contribution in [0.3, 0.4) is 0 Å². The standard InChI is InChI=1S/C17H17NO/c1-12-11-15-9-6-10-16(14-7-4-3-5-8-14)17(15)18(12)13(2)19/h3-10,12H,11H2,1-2H3. The number of hydrogen-bond donors (Lipinski definition) is 0. The molecule has 2 nitrogen and oxygen atoms in total. The third-order valence-electron chi connectivity index (χ3n) is 3.74. The summed E-state index contributed by atoms with van der Waals surface area (Å²) in [6.07, 6.45) is 0.940. The predicted molar refractivity (Wildman–Crippen MR) is 78.2 cm³/mol. The lowest BCUT2D eigenvalue weighted by molar-refractivity contribution is -0.116. The average Bonchev–Trinajstić information content (AvgIpc) is 2.75. The fraction of sp³-hybridized carbons (Fsp3) is 0.235. The molecular weight excluding hydrogens is 234 g/mol. The Morgan fingerprint density at radius 2 is 1.84 bits per heavy atom. The van der Waals surface area contributed by atoms with Crippen LogP contribution in [0.4, 0.5) is 5.69 Å². The van der Waals surface area contributed by atoms with Gasteiger partial charge in [0.05, 0.1) is 5.69 Å². The molecule has 0 spiro atoms. The first kappa shape index (κ1) is 12.0. The number of carbonyl (C=O) groups excluding carboxylic acids is 1. The molecule has 0 saturated heterocycles. The molecule has 3 rings (SSSR count). The highest BCUT2D eigenvalue weighted by Gasteiger charge is 2.31. The molecule has 1 unspecified atom stereocenters. The van der Waals surface area contributed by atoms with Crippen LogP contribution in [0.25, 0.3) is 11.1 Å². The molecule has 2 heteroatoms. The highest BCUT2D eigenvalue weighted by molar-refractivity contribution is 5.99. The van der Waals surface area contributed by atoms with Crippen molar-refractivity contribution < 1.29 is 4.79 Å². The van der Waals surface area contributed by atoms with Gasteiger partial charge in [0.15, 0.2) is 0 Å². The van der Waals surface area contributed by atoms with E-state index in [2.05, 4.69) is 37.3 Å². The SMILES string of the molecule is CC(=O)N1c2c(cccc2-c2ccccc2)CC1C. The van der Waals surface area contributed by atoms with Gasteiger partial charge >= 0.3 is 0 Å². The van der Waals surface area contributed by atoms with Gasteiger partial charge in [-0.3, -0.25) is 4.79 Å². The van der Waals surface area contributed by atoms with E-state index in [4.69, 9.17) is 0 Å². The monoisotopic (exact) mass is 251 g/mol. The third-order valence-corrected chi connectivity index (χ3v) is 3.74. The first-order chi connectivity index (χ1) is 9.18. The molecule has 1 aliphatic rings. The fourth-order valence-electron chi connectivity index (χ4n) is 2.99. The third kappa shape index (κ3) is 1.93. The van der Waals surface area contributed by atoms with Crippen LogP contribution in [-0.4, -0.2) is 11.9 Å². The van der Waals surface area contributed by atoms with Crippen LogP contribution < -0.4 is 4.90 Å². The van der Waals surface area contributed by atoms with Crippen molar-refractivity contribution in [1.82, 2.24) is 0 Å². The number of rotatable bonds is 1. The summed E-state index contributed by atoms with van der Waals surface area (Å²) in [5.74, 6) is 0.120. The molecule has 1 aliphatic heterocycles. The maximum atomic E-state index is 11.9. The van der Waals surface area contributed by atoms with Crippen LogP contribution >= 0.6 is 0 Å². The Labute approximate surface area is 113 Å². The van der Waals surface area contributed by atoms with Gasteiger partial charge in [-0.05, 0) is 24.5 Å². The van der Waals surface area contributed by atoms with Crippen molar-refractivity contribution in [3.8, 4) is 11.1 Å². The number of benzene rings is 2. The number of anilines is 1. The predicted octanol–water partition coefficient (Wildman–Crippen LogP) is 3.65. The molecule has 2 aromatic rings. The topological polar surface area (TPSA) is 20.3 Å². The maximum absolute atomic E-state index is 11.9. The summed E-state index contributed by atoms with van der Waals surface area (Å²) < 4.78 is 0. The highest BCUT2D eigenvalue weighted by atomic mass is 16.2. The number of para-hydroxylation sites is 1. The first-order valence-corrected chi connectivity index (χ1v) is 6.65. The van der Waals surface area contributed by atoms with Crippen LogP contribution in [0.2, 0.25) is 0 Å². The van der Waals surface area contributed by atoms with Crippen molar-refractivity contribution >= 4 is 11.6 Å². The Balaban J connectivity index is 2.20. The molecule has 1 heterocycles. The molecule has 0 aromatic heterocycles. The molecular formula is C17H17NO. The molecule has 0 N–H and O–H groups in total. The molecule has 96 valence electrons. The van der Waals surface area contributed by atoms with E-state index < -0.39 is 0 Å². The zero-order chi connectivity index (χ0) is 13.4. The van der Waals surface area contributed by atoms with E-state index in [0.717, 1.165) is 17.7 Å². The molecule has 1 atom stereocenters. The van der Waals surface area contributed by atoms with Crippen molar-refractivity contribution in [3.63, 3.8) is 0 Å². The summed E-state index contributed by atoms with van der Waals surface area (Å²) in [4.78, 5) is 13.9. The van der Waals surface area contributed by atoms with E-state index >= 15 is 0 Å². The quantitative estimate of drug-likeness (QED) is 0.757.